The molecule has 90 valence electrons. The molecule has 0 saturated heterocycles. The summed E-state index contributed by atoms with van der Waals surface area (Å²) >= 11 is 1.86. The van der Waals surface area contributed by atoms with Gasteiger partial charge < -0.3 is 5.32 Å². The molecule has 1 aliphatic carbocycles. The lowest BCUT2D eigenvalue weighted by Gasteiger charge is -2.22. The molecule has 0 spiro atoms. The highest BCUT2D eigenvalue weighted by molar-refractivity contribution is 7.17. The average Bonchev–Trinajstić information content (AvgIpc) is 2.81. The molecule has 0 atom stereocenters. The summed E-state index contributed by atoms with van der Waals surface area (Å²) in [6, 6.07) is 9.46. The minimum atomic E-state index is 0.752. The van der Waals surface area contributed by atoms with E-state index in [-0.39, 0.29) is 0 Å². The Kier molecular flexibility index (Phi) is 3.44. The molecule has 1 aromatic carbocycles. The van der Waals surface area contributed by atoms with E-state index in [4.69, 9.17) is 0 Å². The third-order valence-electron chi connectivity index (χ3n) is 3.75. The van der Waals surface area contributed by atoms with Crippen molar-refractivity contribution in [2.24, 2.45) is 0 Å². The fraction of sp³-hybridized carbons (Fsp3) is 0.467. The van der Waals surface area contributed by atoms with Gasteiger partial charge in [-0.3, -0.25) is 0 Å². The molecule has 1 aliphatic rings. The van der Waals surface area contributed by atoms with E-state index in [1.807, 2.05) is 11.3 Å². The van der Waals surface area contributed by atoms with Crippen molar-refractivity contribution in [3.05, 3.63) is 35.2 Å². The van der Waals surface area contributed by atoms with Crippen LogP contribution in [0.3, 0.4) is 0 Å². The van der Waals surface area contributed by atoms with Gasteiger partial charge in [0.1, 0.15) is 0 Å². The maximum absolute atomic E-state index is 3.72. The van der Waals surface area contributed by atoms with Gasteiger partial charge in [-0.05, 0) is 35.2 Å². The summed E-state index contributed by atoms with van der Waals surface area (Å²) < 4.78 is 1.41. The van der Waals surface area contributed by atoms with Gasteiger partial charge in [0.05, 0.1) is 0 Å². The van der Waals surface area contributed by atoms with Gasteiger partial charge in [0, 0.05) is 17.3 Å². The van der Waals surface area contributed by atoms with Crippen LogP contribution in [0.1, 0.15) is 37.7 Å². The standard InChI is InChI=1S/C15H19NS/c1-2-6-13(7-3-1)16-10-12-11-17-15-9-5-4-8-14(12)15/h4-5,8-9,11,13,16H,1-3,6-7,10H2. The molecular formula is C15H19NS. The Morgan fingerprint density at radius 3 is 2.82 bits per heavy atom. The first kappa shape index (κ1) is 11.2. The largest absolute Gasteiger partial charge is 0.310 e. The van der Waals surface area contributed by atoms with Gasteiger partial charge in [-0.15, -0.1) is 11.3 Å². The summed E-state index contributed by atoms with van der Waals surface area (Å²) in [5, 5.41) is 7.46. The molecule has 0 unspecified atom stereocenters. The lowest BCUT2D eigenvalue weighted by Crippen LogP contribution is -2.30. The summed E-state index contributed by atoms with van der Waals surface area (Å²) in [7, 11) is 0. The lowest BCUT2D eigenvalue weighted by molar-refractivity contribution is 0.373. The molecule has 0 radical (unpaired) electrons. The van der Waals surface area contributed by atoms with Crippen LogP contribution in [0.25, 0.3) is 10.1 Å². The van der Waals surface area contributed by atoms with E-state index in [9.17, 15) is 0 Å². The number of rotatable bonds is 3. The molecule has 1 N–H and O–H groups in total. The Hall–Kier alpha value is -0.860. The summed E-state index contributed by atoms with van der Waals surface area (Å²) in [6.07, 6.45) is 6.97. The minimum absolute atomic E-state index is 0.752. The van der Waals surface area contributed by atoms with Crippen molar-refractivity contribution in [2.45, 2.75) is 44.7 Å². The van der Waals surface area contributed by atoms with Crippen LogP contribution in [0, 0.1) is 0 Å². The van der Waals surface area contributed by atoms with E-state index in [0.717, 1.165) is 12.6 Å². The van der Waals surface area contributed by atoms with Gasteiger partial charge in [0.25, 0.3) is 0 Å². The van der Waals surface area contributed by atoms with E-state index < -0.39 is 0 Å². The number of benzene rings is 1. The number of hydrogen-bond donors (Lipinski definition) is 1. The topological polar surface area (TPSA) is 12.0 Å². The molecule has 17 heavy (non-hydrogen) atoms. The highest BCUT2D eigenvalue weighted by Crippen LogP contribution is 2.26. The Morgan fingerprint density at radius 1 is 1.12 bits per heavy atom. The van der Waals surface area contributed by atoms with Crippen LogP contribution in [0.2, 0.25) is 0 Å². The SMILES string of the molecule is c1ccc2c(CNC3CCCCC3)csc2c1. The zero-order valence-corrected chi connectivity index (χ0v) is 10.9. The predicted octanol–water partition coefficient (Wildman–Crippen LogP) is 4.32. The molecular weight excluding hydrogens is 226 g/mol. The summed E-state index contributed by atoms with van der Waals surface area (Å²) in [5.41, 5.74) is 1.47. The van der Waals surface area contributed by atoms with Gasteiger partial charge in [-0.25, -0.2) is 0 Å². The van der Waals surface area contributed by atoms with Crippen molar-refractivity contribution in [2.75, 3.05) is 0 Å². The van der Waals surface area contributed by atoms with Crippen molar-refractivity contribution < 1.29 is 0 Å². The molecule has 1 saturated carbocycles. The number of nitrogens with one attached hydrogen (secondary N) is 1. The van der Waals surface area contributed by atoms with Crippen LogP contribution in [0.15, 0.2) is 29.6 Å². The summed E-state index contributed by atoms with van der Waals surface area (Å²) in [5.74, 6) is 0. The number of hydrogen-bond acceptors (Lipinski definition) is 2. The molecule has 1 fully saturated rings. The lowest BCUT2D eigenvalue weighted by atomic mass is 9.95. The highest BCUT2D eigenvalue weighted by atomic mass is 32.1. The van der Waals surface area contributed by atoms with E-state index in [2.05, 4.69) is 35.0 Å². The first-order chi connectivity index (χ1) is 8.43. The maximum Gasteiger partial charge on any atom is 0.0346 e. The Bertz CT molecular complexity index is 482. The summed E-state index contributed by atoms with van der Waals surface area (Å²) in [4.78, 5) is 0. The highest BCUT2D eigenvalue weighted by Gasteiger charge is 2.13. The minimum Gasteiger partial charge on any atom is -0.310 e. The van der Waals surface area contributed by atoms with Gasteiger partial charge >= 0.3 is 0 Å². The van der Waals surface area contributed by atoms with Crippen LogP contribution in [-0.2, 0) is 6.54 Å². The zero-order valence-electron chi connectivity index (χ0n) is 10.1. The molecule has 2 aromatic rings. The number of thiophene rings is 1. The zero-order chi connectivity index (χ0) is 11.5. The Balaban J connectivity index is 1.68. The maximum atomic E-state index is 3.72. The van der Waals surface area contributed by atoms with E-state index in [1.165, 1.54) is 47.8 Å². The molecule has 0 amide bonds. The Labute approximate surface area is 107 Å². The molecule has 2 heteroatoms. The molecule has 1 heterocycles. The van der Waals surface area contributed by atoms with Crippen LogP contribution >= 0.6 is 11.3 Å². The van der Waals surface area contributed by atoms with Gasteiger partial charge in [0.15, 0.2) is 0 Å². The normalized spacial score (nSPS) is 17.6. The van der Waals surface area contributed by atoms with Gasteiger partial charge in [0.2, 0.25) is 0 Å². The fourth-order valence-electron chi connectivity index (χ4n) is 2.73. The third-order valence-corrected chi connectivity index (χ3v) is 4.76. The van der Waals surface area contributed by atoms with Gasteiger partial charge in [-0.2, -0.15) is 0 Å². The first-order valence-corrected chi connectivity index (χ1v) is 7.50. The molecule has 1 nitrogen and oxygen atoms in total. The monoisotopic (exact) mass is 245 g/mol. The first-order valence-electron chi connectivity index (χ1n) is 6.62. The second kappa shape index (κ2) is 5.19. The van der Waals surface area contributed by atoms with E-state index in [0.29, 0.717) is 0 Å². The van der Waals surface area contributed by atoms with E-state index >= 15 is 0 Å². The van der Waals surface area contributed by atoms with Crippen LogP contribution < -0.4 is 5.32 Å². The quantitative estimate of drug-likeness (QED) is 0.849. The molecule has 3 rings (SSSR count). The average molecular weight is 245 g/mol. The van der Waals surface area contributed by atoms with Crippen LogP contribution in [-0.4, -0.2) is 6.04 Å². The van der Waals surface area contributed by atoms with Crippen molar-refractivity contribution in [1.82, 2.24) is 5.32 Å². The summed E-state index contributed by atoms with van der Waals surface area (Å²) in [6.45, 7) is 1.04. The molecule has 0 bridgehead atoms. The van der Waals surface area contributed by atoms with Crippen molar-refractivity contribution in [3.8, 4) is 0 Å². The second-order valence-corrected chi connectivity index (χ2v) is 5.88. The Morgan fingerprint density at radius 2 is 1.94 bits per heavy atom. The van der Waals surface area contributed by atoms with Crippen molar-refractivity contribution >= 4 is 21.4 Å². The van der Waals surface area contributed by atoms with Crippen LogP contribution in [0.5, 0.6) is 0 Å². The van der Waals surface area contributed by atoms with Gasteiger partial charge in [-0.1, -0.05) is 37.5 Å². The second-order valence-electron chi connectivity index (χ2n) is 4.97. The fourth-order valence-corrected chi connectivity index (χ4v) is 3.69. The molecule has 1 aromatic heterocycles. The predicted molar refractivity (Wildman–Crippen MR) is 75.5 cm³/mol. The van der Waals surface area contributed by atoms with E-state index in [1.54, 1.807) is 0 Å². The molecule has 0 aliphatic heterocycles. The van der Waals surface area contributed by atoms with Crippen molar-refractivity contribution in [1.29, 1.82) is 0 Å². The number of fused-ring (bicyclic) bond motifs is 1. The van der Waals surface area contributed by atoms with Crippen molar-refractivity contribution in [3.63, 3.8) is 0 Å². The smallest absolute Gasteiger partial charge is 0.0346 e. The third kappa shape index (κ3) is 2.53. The van der Waals surface area contributed by atoms with Crippen LogP contribution in [0.4, 0.5) is 0 Å².